The number of amides is 1. The van der Waals surface area contributed by atoms with Crippen molar-refractivity contribution in [2.24, 2.45) is 0 Å². The van der Waals surface area contributed by atoms with Gasteiger partial charge in [-0.2, -0.15) is 4.98 Å². The van der Waals surface area contributed by atoms with E-state index in [0.29, 0.717) is 51.6 Å². The van der Waals surface area contributed by atoms with Crippen molar-refractivity contribution in [1.82, 2.24) is 44.5 Å². The van der Waals surface area contributed by atoms with Gasteiger partial charge in [-0.3, -0.25) is 29.4 Å². The maximum Gasteiger partial charge on any atom is 0.413 e. The Morgan fingerprint density at radius 2 is 1.76 bits per heavy atom. The Kier molecular flexibility index (Phi) is 17.6. The quantitative estimate of drug-likeness (QED) is 0.0493. The zero-order valence-corrected chi connectivity index (χ0v) is 44.4. The molecule has 1 fully saturated rings. The van der Waals surface area contributed by atoms with E-state index in [2.05, 4.69) is 45.0 Å². The summed E-state index contributed by atoms with van der Waals surface area (Å²) in [6.07, 6.45) is 7.71. The van der Waals surface area contributed by atoms with Crippen molar-refractivity contribution in [2.45, 2.75) is 82.2 Å². The Hall–Kier alpha value is -7.30. The minimum absolute atomic E-state index is 0.0441. The molecule has 2 aliphatic rings. The van der Waals surface area contributed by atoms with Crippen LogP contribution in [0.1, 0.15) is 87.3 Å². The second-order valence-corrected chi connectivity index (χ2v) is 20.8. The van der Waals surface area contributed by atoms with Gasteiger partial charge in [0.1, 0.15) is 17.4 Å². The average Bonchev–Trinajstić information content (AvgIpc) is 4.29. The van der Waals surface area contributed by atoms with Gasteiger partial charge in [0.15, 0.2) is 11.3 Å². The molecular weight excluding hydrogens is 1010 g/mol. The van der Waals surface area contributed by atoms with Crippen LogP contribution in [0.3, 0.4) is 0 Å². The highest BCUT2D eigenvalue weighted by Crippen LogP contribution is 2.33. The molecule has 11 rings (SSSR count). The van der Waals surface area contributed by atoms with Crippen LogP contribution in [0.25, 0.3) is 33.0 Å². The number of likely N-dealkylation sites (tertiary alicyclic amines) is 1. The van der Waals surface area contributed by atoms with Crippen LogP contribution in [-0.2, 0) is 45.8 Å². The normalized spacial score (nSPS) is 14.1. The third kappa shape index (κ3) is 12.8. The van der Waals surface area contributed by atoms with Crippen molar-refractivity contribution in [3.8, 4) is 5.75 Å². The number of pyridine rings is 1. The molecule has 0 aliphatic carbocycles. The number of H-pyrrole nitrogens is 2. The number of rotatable bonds is 15. The minimum Gasteiger partial charge on any atom is -0.609 e. The van der Waals surface area contributed by atoms with Gasteiger partial charge < -0.3 is 33.2 Å². The first kappa shape index (κ1) is 53.5. The number of thiophene rings is 1. The number of benzene rings is 3. The maximum absolute atomic E-state index is 13.4. The summed E-state index contributed by atoms with van der Waals surface area (Å²) in [4.78, 5) is 63.2. The summed E-state index contributed by atoms with van der Waals surface area (Å²) < 4.78 is 48.6. The van der Waals surface area contributed by atoms with Gasteiger partial charge in [-0.15, -0.1) is 11.3 Å². The molecule has 0 spiro atoms. The Bertz CT molecular complexity index is 3460. The molecule has 1 unspecified atom stereocenters. The first-order valence-corrected chi connectivity index (χ1v) is 27.3. The van der Waals surface area contributed by atoms with E-state index in [1.54, 1.807) is 43.6 Å². The smallest absolute Gasteiger partial charge is 0.413 e. The molecule has 18 nitrogen and oxygen atoms in total. The van der Waals surface area contributed by atoms with Crippen molar-refractivity contribution in [1.29, 1.82) is 0 Å². The van der Waals surface area contributed by atoms with Gasteiger partial charge in [-0.25, -0.2) is 19.2 Å². The lowest BCUT2D eigenvalue weighted by Gasteiger charge is -2.31. The number of carbonyl (C=O) groups excluding carboxylic acids is 2. The Morgan fingerprint density at radius 3 is 2.55 bits per heavy atom. The second kappa shape index (κ2) is 25.0. The van der Waals surface area contributed by atoms with Gasteiger partial charge >= 0.3 is 11.2 Å². The summed E-state index contributed by atoms with van der Waals surface area (Å²) in [7, 11) is 2.94. The number of aromatic nitrogens is 8. The highest BCUT2D eigenvalue weighted by Gasteiger charge is 2.26. The van der Waals surface area contributed by atoms with Crippen LogP contribution in [0.5, 0.6) is 5.75 Å². The number of nitrogens with zero attached hydrogens (tertiary/aromatic N) is 7. The highest BCUT2D eigenvalue weighted by molar-refractivity contribution is 7.90. The number of fused-ring (bicyclic) bond motifs is 4. The summed E-state index contributed by atoms with van der Waals surface area (Å²) in [6, 6.07) is 22.9. The molecule has 1 saturated heterocycles. The van der Waals surface area contributed by atoms with Crippen molar-refractivity contribution in [3.05, 3.63) is 151 Å². The van der Waals surface area contributed by atoms with Crippen molar-refractivity contribution in [3.63, 3.8) is 0 Å². The number of methoxy groups -OCH3 is 2. The first-order valence-electron chi connectivity index (χ1n) is 25.1. The Labute approximate surface area is 444 Å². The van der Waals surface area contributed by atoms with E-state index >= 15 is 0 Å². The van der Waals surface area contributed by atoms with E-state index in [-0.39, 0.29) is 23.1 Å². The number of hydrogen-bond donors (Lipinski definition) is 3. The number of ether oxygens (including phenoxy) is 3. The van der Waals surface area contributed by atoms with Crippen LogP contribution < -0.4 is 15.6 Å². The van der Waals surface area contributed by atoms with Crippen LogP contribution in [-0.4, -0.2) is 108 Å². The van der Waals surface area contributed by atoms with E-state index in [0.717, 1.165) is 133 Å². The molecular formula is C55H59FN10O8S2. The lowest BCUT2D eigenvalue weighted by Crippen LogP contribution is -2.37. The Morgan fingerprint density at radius 1 is 0.934 bits per heavy atom. The molecule has 9 aromatic rings. The predicted molar refractivity (Wildman–Crippen MR) is 289 cm³/mol. The molecule has 0 saturated carbocycles. The fraction of sp³-hybridized carbons (Fsp3) is 0.345. The number of aromatic amines is 2. The maximum atomic E-state index is 13.4. The summed E-state index contributed by atoms with van der Waals surface area (Å²) in [6.45, 7) is 8.72. The lowest BCUT2D eigenvalue weighted by atomic mass is 9.91. The van der Waals surface area contributed by atoms with E-state index in [1.165, 1.54) is 30.6 Å². The molecule has 1 amide bonds. The zero-order chi connectivity index (χ0) is 53.1. The summed E-state index contributed by atoms with van der Waals surface area (Å²) in [5.41, 5.74) is 8.61. The molecule has 3 N–H and O–H groups in total. The topological polar surface area (TPSA) is 231 Å². The first-order chi connectivity index (χ1) is 37.0. The van der Waals surface area contributed by atoms with Crippen LogP contribution >= 0.6 is 11.3 Å². The molecule has 6 aromatic heterocycles. The van der Waals surface area contributed by atoms with Gasteiger partial charge in [0.05, 0.1) is 52.0 Å². The van der Waals surface area contributed by atoms with Gasteiger partial charge in [-0.05, 0) is 119 Å². The molecule has 76 heavy (non-hydrogen) atoms. The number of halogens is 1. The summed E-state index contributed by atoms with van der Waals surface area (Å²) in [5, 5.41) is 9.92. The fourth-order valence-corrected chi connectivity index (χ4v) is 11.1. The SMILES string of the molecule is COC(=O)Nc1nc2cc(C(=O)c3cccs3)ccc2[nH]1.COCCCOc1ccnc(C[S+]([O-])c2nc3ccccc3[nH]2)c1C.Cc1nc2n(c(=O)c1CCN1CCC(c3noc4cc(F)ccc34)CC1)CCCC2. The number of piperidine rings is 1. The van der Waals surface area contributed by atoms with Gasteiger partial charge in [0.2, 0.25) is 11.7 Å². The molecule has 3 aromatic carbocycles. The van der Waals surface area contributed by atoms with Crippen LogP contribution in [0.15, 0.2) is 105 Å². The molecule has 21 heteroatoms. The zero-order valence-electron chi connectivity index (χ0n) is 42.7. The summed E-state index contributed by atoms with van der Waals surface area (Å²) >= 11 is 0.0975. The third-order valence-electron chi connectivity index (χ3n) is 13.5. The van der Waals surface area contributed by atoms with E-state index in [4.69, 9.17) is 19.0 Å². The number of hydrogen-bond acceptors (Lipinski definition) is 15. The molecule has 0 radical (unpaired) electrons. The number of anilines is 1. The summed E-state index contributed by atoms with van der Waals surface area (Å²) in [5.74, 6) is 2.26. The van der Waals surface area contributed by atoms with Gasteiger partial charge in [0, 0.05) is 96.8 Å². The number of ketones is 1. The number of aryl methyl sites for hydroxylation is 2. The van der Waals surface area contributed by atoms with E-state index in [9.17, 15) is 23.3 Å². The minimum atomic E-state index is -1.30. The van der Waals surface area contributed by atoms with E-state index in [1.807, 2.05) is 60.2 Å². The molecule has 1 atom stereocenters. The van der Waals surface area contributed by atoms with Crippen LogP contribution in [0, 0.1) is 19.7 Å². The lowest BCUT2D eigenvalue weighted by molar-refractivity contribution is 0.104. The largest absolute Gasteiger partial charge is 0.609 e. The fourth-order valence-electron chi connectivity index (χ4n) is 9.32. The monoisotopic (exact) mass is 1070 g/mol. The Balaban J connectivity index is 0.000000142. The van der Waals surface area contributed by atoms with Crippen molar-refractivity contribution < 1.29 is 37.3 Å². The molecule has 2 aliphatic heterocycles. The highest BCUT2D eigenvalue weighted by atomic mass is 32.2. The van der Waals surface area contributed by atoms with Crippen LogP contribution in [0.2, 0.25) is 0 Å². The van der Waals surface area contributed by atoms with E-state index < -0.39 is 17.3 Å². The van der Waals surface area contributed by atoms with Gasteiger partial charge in [0.25, 0.3) is 5.56 Å². The predicted octanol–water partition coefficient (Wildman–Crippen LogP) is 9.61. The number of carbonyl (C=O) groups is 2. The van der Waals surface area contributed by atoms with Gasteiger partial charge in [-0.1, -0.05) is 23.4 Å². The molecule has 396 valence electrons. The number of imidazole rings is 2. The number of para-hydroxylation sites is 2. The molecule has 8 heterocycles. The average molecular weight is 1070 g/mol. The van der Waals surface area contributed by atoms with Crippen molar-refractivity contribution >= 4 is 73.4 Å². The third-order valence-corrected chi connectivity index (χ3v) is 15.5. The van der Waals surface area contributed by atoms with Crippen LogP contribution in [0.4, 0.5) is 15.1 Å². The molecule has 0 bridgehead atoms. The standard InChI is InChI=1S/C23H27FN4O2.C18H21N3O3S.C14H11N3O3S/c1-15-18(23(29)28-10-3-2-4-21(28)25-15)9-13-27-11-7-16(8-12-27)22-19-6-5-17(24)14-20(19)30-26-22;1-13-16(19-9-8-17(13)24-11-5-10-23-2)12-25(22)18-20-14-6-3-4-7-15(14)21-18;1-20-14(19)17-13-15-9-5-4-8(7-10(9)16-13)12(18)11-3-2-6-21-11/h5-6,14,16H,2-4,7-13H2,1H3;3-4,6-9H,5,10-12H2,1-2H3,(H,20,21);2-7H,1H3,(H2,15,16,17,19). The number of nitrogens with one attached hydrogen (secondary N) is 3. The second-order valence-electron chi connectivity index (χ2n) is 18.4. The van der Waals surface area contributed by atoms with Crippen molar-refractivity contribution in [2.75, 3.05) is 52.4 Å².